The molecule has 0 spiro atoms. The van der Waals surface area contributed by atoms with Crippen molar-refractivity contribution in [2.75, 3.05) is 13.6 Å². The van der Waals surface area contributed by atoms with Gasteiger partial charge in [0.15, 0.2) is 0 Å². The van der Waals surface area contributed by atoms with E-state index in [1.165, 1.54) is 51.4 Å². The largest absolute Gasteiger partial charge is 0.393 e. The zero-order valence-electron chi connectivity index (χ0n) is 12.3. The molecule has 106 valence electrons. The molecule has 2 nitrogen and oxygen atoms in total. The molecule has 0 amide bonds. The third-order valence-electron chi connectivity index (χ3n) is 5.17. The van der Waals surface area contributed by atoms with E-state index in [1.807, 2.05) is 0 Å². The van der Waals surface area contributed by atoms with E-state index in [9.17, 15) is 5.11 Å². The molecule has 1 N–H and O–H groups in total. The molecular formula is C16H31NO. The van der Waals surface area contributed by atoms with Gasteiger partial charge in [0.1, 0.15) is 0 Å². The lowest BCUT2D eigenvalue weighted by Gasteiger charge is -2.36. The van der Waals surface area contributed by atoms with E-state index in [0.29, 0.717) is 5.92 Å². The summed E-state index contributed by atoms with van der Waals surface area (Å²) in [4.78, 5) is 2.55. The van der Waals surface area contributed by atoms with Gasteiger partial charge in [-0.15, -0.1) is 0 Å². The van der Waals surface area contributed by atoms with Crippen LogP contribution < -0.4 is 0 Å². The molecule has 0 aromatic rings. The lowest BCUT2D eigenvalue weighted by atomic mass is 9.85. The smallest absolute Gasteiger partial charge is 0.0580 e. The van der Waals surface area contributed by atoms with E-state index in [4.69, 9.17) is 0 Å². The summed E-state index contributed by atoms with van der Waals surface area (Å²) in [6.45, 7) is 3.50. The Kier molecular flexibility index (Phi) is 5.50. The molecule has 0 aromatic heterocycles. The molecule has 2 saturated carbocycles. The average Bonchev–Trinajstić information content (AvgIpc) is 2.55. The topological polar surface area (TPSA) is 23.5 Å². The maximum absolute atomic E-state index is 10.2. The second kappa shape index (κ2) is 6.91. The quantitative estimate of drug-likeness (QED) is 0.779. The Labute approximate surface area is 113 Å². The van der Waals surface area contributed by atoms with Crippen molar-refractivity contribution in [3.05, 3.63) is 0 Å². The first kappa shape index (κ1) is 14.3. The second-order valence-corrected chi connectivity index (χ2v) is 6.83. The molecule has 0 radical (unpaired) electrons. The van der Waals surface area contributed by atoms with Gasteiger partial charge in [0.2, 0.25) is 0 Å². The van der Waals surface area contributed by atoms with Crippen LogP contribution in [-0.2, 0) is 0 Å². The summed E-state index contributed by atoms with van der Waals surface area (Å²) in [5.41, 5.74) is 0. The molecule has 0 aromatic carbocycles. The fraction of sp³-hybridized carbons (Fsp3) is 1.00. The first-order valence-corrected chi connectivity index (χ1v) is 8.05. The summed E-state index contributed by atoms with van der Waals surface area (Å²) in [7, 11) is 2.28. The Morgan fingerprint density at radius 3 is 2.56 bits per heavy atom. The Bertz CT molecular complexity index is 243. The minimum absolute atomic E-state index is 0.0454. The highest BCUT2D eigenvalue weighted by Gasteiger charge is 2.27. The minimum atomic E-state index is -0.0454. The van der Waals surface area contributed by atoms with Crippen LogP contribution in [0.25, 0.3) is 0 Å². The van der Waals surface area contributed by atoms with Crippen molar-refractivity contribution in [2.45, 2.75) is 76.9 Å². The molecule has 0 bridgehead atoms. The van der Waals surface area contributed by atoms with Crippen molar-refractivity contribution in [1.82, 2.24) is 4.90 Å². The van der Waals surface area contributed by atoms with Crippen LogP contribution in [0.5, 0.6) is 0 Å². The van der Waals surface area contributed by atoms with Gasteiger partial charge in [-0.2, -0.15) is 0 Å². The van der Waals surface area contributed by atoms with Gasteiger partial charge in [0.05, 0.1) is 6.10 Å². The van der Waals surface area contributed by atoms with Crippen LogP contribution in [0.2, 0.25) is 0 Å². The molecule has 18 heavy (non-hydrogen) atoms. The van der Waals surface area contributed by atoms with Crippen LogP contribution in [-0.4, -0.2) is 35.7 Å². The van der Waals surface area contributed by atoms with Crippen molar-refractivity contribution in [3.63, 3.8) is 0 Å². The average molecular weight is 253 g/mol. The van der Waals surface area contributed by atoms with Gasteiger partial charge in [-0.05, 0) is 44.6 Å². The predicted octanol–water partition coefficient (Wildman–Crippen LogP) is 3.44. The van der Waals surface area contributed by atoms with E-state index in [0.717, 1.165) is 24.9 Å². The van der Waals surface area contributed by atoms with E-state index in [-0.39, 0.29) is 6.10 Å². The van der Waals surface area contributed by atoms with Crippen molar-refractivity contribution in [3.8, 4) is 0 Å². The Morgan fingerprint density at radius 1 is 1.00 bits per heavy atom. The first-order valence-electron chi connectivity index (χ1n) is 8.05. The summed E-state index contributed by atoms with van der Waals surface area (Å²) >= 11 is 0. The molecule has 2 rings (SSSR count). The third kappa shape index (κ3) is 3.96. The normalized spacial score (nSPS) is 38.7. The van der Waals surface area contributed by atoms with E-state index < -0.39 is 0 Å². The van der Waals surface area contributed by atoms with Gasteiger partial charge in [-0.25, -0.2) is 0 Å². The molecule has 2 aliphatic carbocycles. The molecule has 4 atom stereocenters. The van der Waals surface area contributed by atoms with E-state index >= 15 is 0 Å². The number of nitrogens with zero attached hydrogens (tertiary/aromatic N) is 1. The number of rotatable bonds is 3. The zero-order chi connectivity index (χ0) is 13.0. The molecule has 0 heterocycles. The molecule has 2 fully saturated rings. The summed E-state index contributed by atoms with van der Waals surface area (Å²) in [6.07, 6.45) is 11.6. The van der Waals surface area contributed by atoms with Crippen molar-refractivity contribution in [2.24, 2.45) is 11.8 Å². The molecule has 0 aliphatic heterocycles. The van der Waals surface area contributed by atoms with Crippen molar-refractivity contribution in [1.29, 1.82) is 0 Å². The molecular weight excluding hydrogens is 222 g/mol. The van der Waals surface area contributed by atoms with E-state index in [2.05, 4.69) is 18.9 Å². The highest BCUT2D eigenvalue weighted by Crippen LogP contribution is 2.29. The van der Waals surface area contributed by atoms with Crippen LogP contribution >= 0.6 is 0 Å². The molecule has 2 heteroatoms. The number of hydrogen-bond donors (Lipinski definition) is 1. The molecule has 4 unspecified atom stereocenters. The minimum Gasteiger partial charge on any atom is -0.393 e. The lowest BCUT2D eigenvalue weighted by molar-refractivity contribution is 0.0593. The van der Waals surface area contributed by atoms with Crippen LogP contribution in [0.4, 0.5) is 0 Å². The molecule has 0 saturated heterocycles. The Morgan fingerprint density at radius 2 is 1.78 bits per heavy atom. The third-order valence-corrected chi connectivity index (χ3v) is 5.17. The van der Waals surface area contributed by atoms with Gasteiger partial charge in [0.25, 0.3) is 0 Å². The van der Waals surface area contributed by atoms with Crippen molar-refractivity contribution < 1.29 is 5.11 Å². The SMILES string of the molecule is CC1CCCC(N(C)CC2CCCCCC2O)C1. The van der Waals surface area contributed by atoms with Gasteiger partial charge >= 0.3 is 0 Å². The zero-order valence-corrected chi connectivity index (χ0v) is 12.3. The van der Waals surface area contributed by atoms with Crippen LogP contribution in [0.1, 0.15) is 64.7 Å². The fourth-order valence-electron chi connectivity index (χ4n) is 3.90. The lowest BCUT2D eigenvalue weighted by Crippen LogP contribution is -2.41. The summed E-state index contributed by atoms with van der Waals surface area (Å²) in [5, 5.41) is 10.2. The van der Waals surface area contributed by atoms with Crippen LogP contribution in [0.15, 0.2) is 0 Å². The highest BCUT2D eigenvalue weighted by molar-refractivity contribution is 4.81. The maximum atomic E-state index is 10.2. The summed E-state index contributed by atoms with van der Waals surface area (Å²) in [5.74, 6) is 1.42. The number of aliphatic hydroxyl groups is 1. The number of hydrogen-bond acceptors (Lipinski definition) is 2. The standard InChI is InChI=1S/C16H31NO/c1-13-7-6-9-15(11-13)17(2)12-14-8-4-3-5-10-16(14)18/h13-16,18H,3-12H2,1-2H3. The summed E-state index contributed by atoms with van der Waals surface area (Å²) < 4.78 is 0. The molecule has 2 aliphatic rings. The number of aliphatic hydroxyl groups excluding tert-OH is 1. The Balaban J connectivity index is 1.83. The van der Waals surface area contributed by atoms with Gasteiger partial charge in [0, 0.05) is 12.6 Å². The first-order chi connectivity index (χ1) is 8.66. The fourth-order valence-corrected chi connectivity index (χ4v) is 3.90. The Hall–Kier alpha value is -0.0800. The van der Waals surface area contributed by atoms with Gasteiger partial charge < -0.3 is 10.0 Å². The summed E-state index contributed by atoms with van der Waals surface area (Å²) in [6, 6.07) is 0.768. The monoisotopic (exact) mass is 253 g/mol. The predicted molar refractivity (Wildman–Crippen MR) is 76.6 cm³/mol. The highest BCUT2D eigenvalue weighted by atomic mass is 16.3. The van der Waals surface area contributed by atoms with Gasteiger partial charge in [-0.3, -0.25) is 0 Å². The van der Waals surface area contributed by atoms with Crippen LogP contribution in [0.3, 0.4) is 0 Å². The second-order valence-electron chi connectivity index (χ2n) is 6.83. The van der Waals surface area contributed by atoms with Gasteiger partial charge in [-0.1, -0.05) is 39.0 Å². The maximum Gasteiger partial charge on any atom is 0.0580 e. The van der Waals surface area contributed by atoms with Crippen LogP contribution in [0, 0.1) is 11.8 Å². The van der Waals surface area contributed by atoms with E-state index in [1.54, 1.807) is 0 Å². The van der Waals surface area contributed by atoms with Crippen molar-refractivity contribution >= 4 is 0 Å².